The van der Waals surface area contributed by atoms with Crippen LogP contribution in [0.3, 0.4) is 0 Å². The largest absolute Gasteiger partial charge is 0.480 e. The molecule has 3 rings (SSSR count). The summed E-state index contributed by atoms with van der Waals surface area (Å²) >= 11 is 0. The second kappa shape index (κ2) is 5.73. The van der Waals surface area contributed by atoms with Gasteiger partial charge in [-0.15, -0.1) is 0 Å². The second-order valence-electron chi connectivity index (χ2n) is 5.38. The number of fused-ring (bicyclic) bond motifs is 1. The van der Waals surface area contributed by atoms with Crippen LogP contribution in [0, 0.1) is 0 Å². The van der Waals surface area contributed by atoms with Crippen molar-refractivity contribution in [1.82, 2.24) is 5.32 Å². The molecule has 2 heterocycles. The number of rotatable bonds is 3. The van der Waals surface area contributed by atoms with Gasteiger partial charge in [-0.3, -0.25) is 4.90 Å². The highest BCUT2D eigenvalue weighted by atomic mass is 16.5. The first-order chi connectivity index (χ1) is 10.2. The molecule has 2 N–H and O–H groups in total. The number of anilines is 1. The molecule has 1 fully saturated rings. The first-order valence-corrected chi connectivity index (χ1v) is 7.16. The van der Waals surface area contributed by atoms with Gasteiger partial charge in [-0.1, -0.05) is 18.2 Å². The minimum absolute atomic E-state index is 0.0371. The number of carboxylic acids is 1. The van der Waals surface area contributed by atoms with Crippen molar-refractivity contribution in [3.8, 4) is 0 Å². The molecule has 0 radical (unpaired) electrons. The molecule has 0 saturated carbocycles. The highest BCUT2D eigenvalue weighted by Crippen LogP contribution is 2.32. The van der Waals surface area contributed by atoms with Gasteiger partial charge in [-0.05, 0) is 24.5 Å². The molecule has 2 aliphatic heterocycles. The van der Waals surface area contributed by atoms with Crippen LogP contribution in [0.2, 0.25) is 0 Å². The van der Waals surface area contributed by atoms with E-state index < -0.39 is 12.0 Å². The molecule has 2 amide bonds. The smallest absolute Gasteiger partial charge is 0.327 e. The number of benzene rings is 1. The van der Waals surface area contributed by atoms with Gasteiger partial charge >= 0.3 is 12.0 Å². The van der Waals surface area contributed by atoms with E-state index in [4.69, 9.17) is 4.74 Å². The van der Waals surface area contributed by atoms with Gasteiger partial charge in [-0.25, -0.2) is 9.59 Å². The summed E-state index contributed by atoms with van der Waals surface area (Å²) in [6, 6.07) is 6.09. The Balaban J connectivity index is 1.73. The summed E-state index contributed by atoms with van der Waals surface area (Å²) in [7, 11) is 0. The normalized spacial score (nSPS) is 23.9. The first-order valence-electron chi connectivity index (χ1n) is 7.16. The van der Waals surface area contributed by atoms with Gasteiger partial charge in [0, 0.05) is 25.3 Å². The van der Waals surface area contributed by atoms with E-state index >= 15 is 0 Å². The van der Waals surface area contributed by atoms with Gasteiger partial charge in [0.1, 0.15) is 6.04 Å². The zero-order valence-electron chi connectivity index (χ0n) is 11.6. The van der Waals surface area contributed by atoms with Gasteiger partial charge in [0.15, 0.2) is 0 Å². The average Bonchev–Trinajstić information content (AvgIpc) is 3.11. The van der Waals surface area contributed by atoms with Gasteiger partial charge in [0.25, 0.3) is 0 Å². The van der Waals surface area contributed by atoms with Crippen LogP contribution >= 0.6 is 0 Å². The summed E-state index contributed by atoms with van der Waals surface area (Å²) in [5.41, 5.74) is 1.56. The number of amides is 2. The Morgan fingerprint density at radius 3 is 2.90 bits per heavy atom. The molecule has 6 nitrogen and oxygen atoms in total. The quantitative estimate of drug-likeness (QED) is 0.881. The predicted octanol–water partition coefficient (Wildman–Crippen LogP) is 1.39. The van der Waals surface area contributed by atoms with Crippen molar-refractivity contribution in [2.45, 2.75) is 31.4 Å². The Kier molecular flexibility index (Phi) is 3.79. The molecule has 1 aromatic carbocycles. The molecule has 0 bridgehead atoms. The van der Waals surface area contributed by atoms with Gasteiger partial charge in [0.2, 0.25) is 0 Å². The molecule has 0 aliphatic carbocycles. The molecular weight excluding hydrogens is 272 g/mol. The average molecular weight is 290 g/mol. The number of ether oxygens (including phenoxy) is 1. The Morgan fingerprint density at radius 1 is 1.38 bits per heavy atom. The molecule has 112 valence electrons. The SMILES string of the molecule is O=C(O)[C@@H]1Cc2ccccc2N1C(=O)NCC1CCCO1. The van der Waals surface area contributed by atoms with E-state index in [-0.39, 0.29) is 12.1 Å². The van der Waals surface area contributed by atoms with E-state index in [2.05, 4.69) is 5.32 Å². The molecule has 1 aromatic rings. The maximum Gasteiger partial charge on any atom is 0.327 e. The molecule has 21 heavy (non-hydrogen) atoms. The van der Waals surface area contributed by atoms with Crippen molar-refractivity contribution in [3.05, 3.63) is 29.8 Å². The van der Waals surface area contributed by atoms with Gasteiger partial charge in [0.05, 0.1) is 6.10 Å². The lowest BCUT2D eigenvalue weighted by Crippen LogP contribution is -2.49. The van der Waals surface area contributed by atoms with Crippen LogP contribution < -0.4 is 10.2 Å². The molecule has 1 unspecified atom stereocenters. The number of carbonyl (C=O) groups excluding carboxylic acids is 1. The maximum atomic E-state index is 12.4. The second-order valence-corrected chi connectivity index (χ2v) is 5.38. The fraction of sp³-hybridized carbons (Fsp3) is 0.467. The van der Waals surface area contributed by atoms with Crippen LogP contribution in [0.5, 0.6) is 0 Å². The number of nitrogens with one attached hydrogen (secondary N) is 1. The van der Waals surface area contributed by atoms with Crippen LogP contribution in [-0.2, 0) is 16.0 Å². The monoisotopic (exact) mass is 290 g/mol. The predicted molar refractivity (Wildman–Crippen MR) is 76.4 cm³/mol. The molecular formula is C15H18N2O4. The number of nitrogens with zero attached hydrogens (tertiary/aromatic N) is 1. The number of para-hydroxylation sites is 1. The molecule has 0 spiro atoms. The highest BCUT2D eigenvalue weighted by Gasteiger charge is 2.38. The third kappa shape index (κ3) is 2.71. The summed E-state index contributed by atoms with van der Waals surface area (Å²) in [6.45, 7) is 1.15. The lowest BCUT2D eigenvalue weighted by molar-refractivity contribution is -0.138. The molecule has 2 atom stereocenters. The minimum Gasteiger partial charge on any atom is -0.480 e. The van der Waals surface area contributed by atoms with E-state index in [1.807, 2.05) is 18.2 Å². The number of hydrogen-bond acceptors (Lipinski definition) is 3. The number of hydrogen-bond donors (Lipinski definition) is 2. The molecule has 1 saturated heterocycles. The zero-order valence-corrected chi connectivity index (χ0v) is 11.6. The van der Waals surface area contributed by atoms with Crippen LogP contribution in [0.4, 0.5) is 10.5 Å². The Bertz CT molecular complexity index is 554. The molecule has 2 aliphatic rings. The lowest BCUT2D eigenvalue weighted by Gasteiger charge is -2.23. The van der Waals surface area contributed by atoms with Crippen LogP contribution in [0.1, 0.15) is 18.4 Å². The van der Waals surface area contributed by atoms with Crippen LogP contribution in [0.15, 0.2) is 24.3 Å². The van der Waals surface area contributed by atoms with E-state index in [1.165, 1.54) is 4.90 Å². The fourth-order valence-corrected chi connectivity index (χ4v) is 2.93. The third-order valence-electron chi connectivity index (χ3n) is 3.98. The van der Waals surface area contributed by atoms with Crippen LogP contribution in [0.25, 0.3) is 0 Å². The summed E-state index contributed by atoms with van der Waals surface area (Å²) in [6.07, 6.45) is 2.32. The topological polar surface area (TPSA) is 78.9 Å². The van der Waals surface area contributed by atoms with Crippen molar-refractivity contribution in [1.29, 1.82) is 0 Å². The fourth-order valence-electron chi connectivity index (χ4n) is 2.93. The Morgan fingerprint density at radius 2 is 2.19 bits per heavy atom. The van der Waals surface area contributed by atoms with Gasteiger partial charge in [-0.2, -0.15) is 0 Å². The minimum atomic E-state index is -0.988. The number of carboxylic acid groups (broad SMARTS) is 1. The molecule has 6 heteroatoms. The van der Waals surface area contributed by atoms with Crippen molar-refractivity contribution in [3.63, 3.8) is 0 Å². The third-order valence-corrected chi connectivity index (χ3v) is 3.98. The number of urea groups is 1. The number of carbonyl (C=O) groups is 2. The van der Waals surface area contributed by atoms with E-state index in [1.54, 1.807) is 6.07 Å². The van der Waals surface area contributed by atoms with Crippen molar-refractivity contribution >= 4 is 17.7 Å². The lowest BCUT2D eigenvalue weighted by atomic mass is 10.1. The van der Waals surface area contributed by atoms with Crippen molar-refractivity contribution < 1.29 is 19.4 Å². The standard InChI is InChI=1S/C15H18N2O4/c18-14(19)13-8-10-4-1-2-6-12(10)17(13)15(20)16-9-11-5-3-7-21-11/h1-2,4,6,11,13H,3,5,7-9H2,(H,16,20)(H,18,19)/t11?,13-/m0/s1. The Labute approximate surface area is 122 Å². The summed E-state index contributed by atoms with van der Waals surface area (Å²) in [5, 5.41) is 12.1. The summed E-state index contributed by atoms with van der Waals surface area (Å²) < 4.78 is 5.46. The first kappa shape index (κ1) is 13.9. The van der Waals surface area contributed by atoms with Crippen molar-refractivity contribution in [2.75, 3.05) is 18.1 Å². The number of aliphatic carboxylic acids is 1. The van der Waals surface area contributed by atoms with E-state index in [0.29, 0.717) is 18.7 Å². The van der Waals surface area contributed by atoms with Crippen molar-refractivity contribution in [2.24, 2.45) is 0 Å². The molecule has 0 aromatic heterocycles. The van der Waals surface area contributed by atoms with E-state index in [0.717, 1.165) is 25.0 Å². The summed E-state index contributed by atoms with van der Waals surface area (Å²) in [4.78, 5) is 25.1. The zero-order chi connectivity index (χ0) is 14.8. The Hall–Kier alpha value is -2.08. The summed E-state index contributed by atoms with van der Waals surface area (Å²) in [5.74, 6) is -0.988. The van der Waals surface area contributed by atoms with Crippen LogP contribution in [-0.4, -0.2) is 42.4 Å². The highest BCUT2D eigenvalue weighted by molar-refractivity contribution is 6.01. The maximum absolute atomic E-state index is 12.4. The van der Waals surface area contributed by atoms with E-state index in [9.17, 15) is 14.7 Å². The van der Waals surface area contributed by atoms with Gasteiger partial charge < -0.3 is 15.2 Å².